The quantitative estimate of drug-likeness (QED) is 0.819. The van der Waals surface area contributed by atoms with Crippen LogP contribution in [-0.4, -0.2) is 23.1 Å². The number of nitrogens with one attached hydrogen (secondary N) is 1. The molecule has 1 aliphatic rings. The Bertz CT molecular complexity index is 482. The first-order chi connectivity index (χ1) is 8.58. The number of halogens is 1. The molecule has 1 heterocycles. The molecule has 0 radical (unpaired) electrons. The average Bonchev–Trinajstić information content (AvgIpc) is 3.13. The number of rotatable bonds is 6. The third-order valence-electron chi connectivity index (χ3n) is 3.30. The summed E-state index contributed by atoms with van der Waals surface area (Å²) >= 11 is 1.17. The summed E-state index contributed by atoms with van der Waals surface area (Å²) in [5.41, 5.74) is 6.81. The van der Waals surface area contributed by atoms with Crippen molar-refractivity contribution in [3.8, 4) is 0 Å². The van der Waals surface area contributed by atoms with Gasteiger partial charge in [-0.25, -0.2) is 0 Å². The van der Waals surface area contributed by atoms with Crippen molar-refractivity contribution in [2.45, 2.75) is 38.8 Å². The van der Waals surface area contributed by atoms with Gasteiger partial charge in [0.15, 0.2) is 0 Å². The number of aromatic nitrogens is 1. The Hall–Kier alpha value is -0.850. The van der Waals surface area contributed by atoms with E-state index in [0.29, 0.717) is 25.4 Å². The highest BCUT2D eigenvalue weighted by Crippen LogP contribution is 2.31. The van der Waals surface area contributed by atoms with Gasteiger partial charge in [-0.1, -0.05) is 11.3 Å². The number of amides is 1. The van der Waals surface area contributed by atoms with Crippen molar-refractivity contribution in [1.82, 2.24) is 9.88 Å². The second-order valence-electron chi connectivity index (χ2n) is 4.85. The lowest BCUT2D eigenvalue weighted by molar-refractivity contribution is -0.121. The molecule has 1 unspecified atom stereocenters. The lowest BCUT2D eigenvalue weighted by Gasteiger charge is -2.11. The molecule has 1 saturated carbocycles. The van der Waals surface area contributed by atoms with Crippen molar-refractivity contribution in [2.24, 2.45) is 11.7 Å². The number of hydrogen-bond donors (Lipinski definition) is 2. The molecular formula is C12H20ClN3O2S. The maximum Gasteiger partial charge on any atom is 0.307 e. The number of hydrogen-bond acceptors (Lipinski definition) is 4. The summed E-state index contributed by atoms with van der Waals surface area (Å²) in [6, 6.07) is 0.0829. The van der Waals surface area contributed by atoms with Gasteiger partial charge in [0, 0.05) is 36.6 Å². The standard InChI is InChI=1S/C12H19N3O2S.ClH/c1-8-7-18-12(17)15(8)5-4-11(16)14-6-10(13)9-2-3-9;/h7,9-10H,2-6,13H2,1H3,(H,14,16);1H. The lowest BCUT2D eigenvalue weighted by Crippen LogP contribution is -2.39. The summed E-state index contributed by atoms with van der Waals surface area (Å²) in [5, 5.41) is 4.64. The highest BCUT2D eigenvalue weighted by atomic mass is 35.5. The Kier molecular flexibility index (Phi) is 6.03. The topological polar surface area (TPSA) is 77.1 Å². The van der Waals surface area contributed by atoms with Crippen LogP contribution in [0.1, 0.15) is 25.0 Å². The monoisotopic (exact) mass is 305 g/mol. The Morgan fingerprint density at radius 3 is 2.84 bits per heavy atom. The largest absolute Gasteiger partial charge is 0.354 e. The molecule has 108 valence electrons. The minimum atomic E-state index is -0.0383. The van der Waals surface area contributed by atoms with E-state index in [1.807, 2.05) is 12.3 Å². The average molecular weight is 306 g/mol. The van der Waals surface area contributed by atoms with Gasteiger partial charge in [0.25, 0.3) is 0 Å². The van der Waals surface area contributed by atoms with Crippen LogP contribution in [0.15, 0.2) is 10.2 Å². The van der Waals surface area contributed by atoms with E-state index in [0.717, 1.165) is 5.69 Å². The van der Waals surface area contributed by atoms with Gasteiger partial charge in [-0.15, -0.1) is 12.4 Å². The van der Waals surface area contributed by atoms with Crippen LogP contribution in [0.5, 0.6) is 0 Å². The number of thiazole rings is 1. The van der Waals surface area contributed by atoms with Crippen LogP contribution in [-0.2, 0) is 11.3 Å². The minimum Gasteiger partial charge on any atom is -0.354 e. The number of nitrogens with two attached hydrogens (primary N) is 1. The summed E-state index contributed by atoms with van der Waals surface area (Å²) in [7, 11) is 0. The van der Waals surface area contributed by atoms with Gasteiger partial charge < -0.3 is 15.6 Å². The molecule has 2 rings (SSSR count). The molecule has 19 heavy (non-hydrogen) atoms. The number of carbonyl (C=O) groups excluding carboxylic acids is 1. The van der Waals surface area contributed by atoms with Crippen LogP contribution >= 0.6 is 23.7 Å². The Morgan fingerprint density at radius 2 is 2.32 bits per heavy atom. The fourth-order valence-electron chi connectivity index (χ4n) is 1.90. The lowest BCUT2D eigenvalue weighted by atomic mass is 10.2. The van der Waals surface area contributed by atoms with Gasteiger partial charge in [-0.05, 0) is 25.7 Å². The van der Waals surface area contributed by atoms with Crippen molar-refractivity contribution < 1.29 is 4.79 Å². The highest BCUT2D eigenvalue weighted by molar-refractivity contribution is 7.07. The van der Waals surface area contributed by atoms with Crippen molar-refractivity contribution in [1.29, 1.82) is 0 Å². The molecule has 0 saturated heterocycles. The van der Waals surface area contributed by atoms with E-state index >= 15 is 0 Å². The second kappa shape index (κ2) is 7.07. The van der Waals surface area contributed by atoms with Crippen LogP contribution < -0.4 is 15.9 Å². The summed E-state index contributed by atoms with van der Waals surface area (Å²) in [4.78, 5) is 23.1. The van der Waals surface area contributed by atoms with Crippen molar-refractivity contribution in [3.05, 3.63) is 20.7 Å². The third-order valence-corrected chi connectivity index (χ3v) is 4.18. The molecule has 7 heteroatoms. The molecular weight excluding hydrogens is 286 g/mol. The van der Waals surface area contributed by atoms with E-state index in [9.17, 15) is 9.59 Å². The minimum absolute atomic E-state index is 0. The fourth-order valence-corrected chi connectivity index (χ4v) is 2.66. The zero-order valence-corrected chi connectivity index (χ0v) is 12.6. The van der Waals surface area contributed by atoms with Crippen LogP contribution in [0.25, 0.3) is 0 Å². The smallest absolute Gasteiger partial charge is 0.307 e. The van der Waals surface area contributed by atoms with Crippen LogP contribution in [0.2, 0.25) is 0 Å². The van der Waals surface area contributed by atoms with Crippen molar-refractivity contribution >= 4 is 29.7 Å². The molecule has 0 spiro atoms. The molecule has 3 N–H and O–H groups in total. The number of nitrogens with zero attached hydrogens (tertiary/aromatic N) is 1. The van der Waals surface area contributed by atoms with E-state index in [1.54, 1.807) is 4.57 Å². The number of carbonyl (C=O) groups is 1. The van der Waals surface area contributed by atoms with E-state index in [-0.39, 0.29) is 29.2 Å². The van der Waals surface area contributed by atoms with E-state index in [4.69, 9.17) is 5.73 Å². The summed E-state index contributed by atoms with van der Waals surface area (Å²) in [5.74, 6) is 0.552. The van der Waals surface area contributed by atoms with Crippen LogP contribution in [0.4, 0.5) is 0 Å². The first-order valence-corrected chi connectivity index (χ1v) is 7.13. The van der Waals surface area contributed by atoms with E-state index < -0.39 is 0 Å². The van der Waals surface area contributed by atoms with E-state index in [2.05, 4.69) is 5.32 Å². The summed E-state index contributed by atoms with van der Waals surface area (Å²) in [6.07, 6.45) is 2.69. The van der Waals surface area contributed by atoms with Crippen molar-refractivity contribution in [3.63, 3.8) is 0 Å². The zero-order valence-electron chi connectivity index (χ0n) is 10.9. The van der Waals surface area contributed by atoms with Gasteiger partial charge in [0.2, 0.25) is 5.91 Å². The maximum absolute atomic E-state index is 11.6. The number of aryl methyl sites for hydroxylation is 1. The van der Waals surface area contributed by atoms with E-state index in [1.165, 1.54) is 24.2 Å². The summed E-state index contributed by atoms with van der Waals surface area (Å²) < 4.78 is 1.63. The summed E-state index contributed by atoms with van der Waals surface area (Å²) in [6.45, 7) is 2.86. The third kappa shape index (κ3) is 4.63. The Labute approximate surface area is 122 Å². The van der Waals surface area contributed by atoms with Gasteiger partial charge in [0.05, 0.1) is 0 Å². The maximum atomic E-state index is 11.6. The zero-order chi connectivity index (χ0) is 13.1. The normalized spacial score (nSPS) is 15.7. The predicted octanol–water partition coefficient (Wildman–Crippen LogP) is 0.884. The molecule has 0 aliphatic heterocycles. The first-order valence-electron chi connectivity index (χ1n) is 6.25. The Morgan fingerprint density at radius 1 is 1.63 bits per heavy atom. The Balaban J connectivity index is 0.00000180. The molecule has 1 amide bonds. The highest BCUT2D eigenvalue weighted by Gasteiger charge is 2.28. The molecule has 1 aliphatic carbocycles. The molecule has 1 fully saturated rings. The van der Waals surface area contributed by atoms with Crippen LogP contribution in [0.3, 0.4) is 0 Å². The molecule has 1 aromatic heterocycles. The molecule has 0 aromatic carbocycles. The van der Waals surface area contributed by atoms with Gasteiger partial charge in [0.1, 0.15) is 0 Å². The predicted molar refractivity (Wildman–Crippen MR) is 78.9 cm³/mol. The molecule has 1 atom stereocenters. The van der Waals surface area contributed by atoms with Gasteiger partial charge in [-0.3, -0.25) is 9.59 Å². The van der Waals surface area contributed by atoms with Crippen LogP contribution in [0, 0.1) is 12.8 Å². The SMILES string of the molecule is Cc1csc(=O)n1CCC(=O)NCC(N)C1CC1.Cl. The van der Waals surface area contributed by atoms with Gasteiger partial charge in [-0.2, -0.15) is 0 Å². The van der Waals surface area contributed by atoms with Gasteiger partial charge >= 0.3 is 4.87 Å². The molecule has 1 aromatic rings. The van der Waals surface area contributed by atoms with Crippen molar-refractivity contribution in [2.75, 3.05) is 6.54 Å². The second-order valence-corrected chi connectivity index (χ2v) is 5.67. The first kappa shape index (κ1) is 16.2. The fraction of sp³-hybridized carbons (Fsp3) is 0.667. The molecule has 0 bridgehead atoms. The molecule has 5 nitrogen and oxygen atoms in total.